The van der Waals surface area contributed by atoms with Crippen LogP contribution in [0.1, 0.15) is 15.9 Å². The average Bonchev–Trinajstić information content (AvgIpc) is 2.63. The van der Waals surface area contributed by atoms with Gasteiger partial charge in [0.25, 0.3) is 5.91 Å². The Bertz CT molecular complexity index is 764. The van der Waals surface area contributed by atoms with E-state index in [1.54, 1.807) is 35.5 Å². The van der Waals surface area contributed by atoms with Crippen molar-refractivity contribution in [3.05, 3.63) is 59.7 Å². The molecule has 0 atom stereocenters. The molecule has 1 aromatic heterocycles. The van der Waals surface area contributed by atoms with E-state index in [0.717, 1.165) is 5.56 Å². The predicted octanol–water partition coefficient (Wildman–Crippen LogP) is 1.87. The molecule has 1 aliphatic rings. The third kappa shape index (κ3) is 3.26. The summed E-state index contributed by atoms with van der Waals surface area (Å²) in [5, 5.41) is 0. The van der Waals surface area contributed by atoms with Gasteiger partial charge >= 0.3 is 0 Å². The molecule has 24 heavy (non-hydrogen) atoms. The first kappa shape index (κ1) is 16.1. The van der Waals surface area contributed by atoms with Crippen LogP contribution in [-0.2, 0) is 6.42 Å². The van der Waals surface area contributed by atoms with Gasteiger partial charge < -0.3 is 10.5 Å². The fraction of sp³-hybridized carbons (Fsp3) is 0.235. The summed E-state index contributed by atoms with van der Waals surface area (Å²) < 4.78 is 18.0. The molecule has 2 heterocycles. The summed E-state index contributed by atoms with van der Waals surface area (Å²) in [6.45, 7) is 0.688. The Kier molecular flexibility index (Phi) is 4.81. The van der Waals surface area contributed by atoms with Crippen LogP contribution >= 0.6 is 0 Å². The van der Waals surface area contributed by atoms with Gasteiger partial charge in [0.1, 0.15) is 12.4 Å². The molecule has 0 fully saturated rings. The van der Waals surface area contributed by atoms with Crippen LogP contribution in [0, 0.1) is 0 Å². The van der Waals surface area contributed by atoms with Crippen LogP contribution in [0.15, 0.2) is 48.6 Å². The Morgan fingerprint density at radius 1 is 1.38 bits per heavy atom. The number of benzene rings is 1. The summed E-state index contributed by atoms with van der Waals surface area (Å²) in [6, 6.07) is 6.92. The Balaban J connectivity index is 1.77. The maximum absolute atomic E-state index is 12.6. The van der Waals surface area contributed by atoms with Crippen molar-refractivity contribution in [1.82, 2.24) is 9.97 Å². The van der Waals surface area contributed by atoms with Gasteiger partial charge in [-0.1, -0.05) is 0 Å². The Morgan fingerprint density at radius 3 is 2.88 bits per heavy atom. The van der Waals surface area contributed by atoms with Crippen molar-refractivity contribution in [1.29, 1.82) is 0 Å². The van der Waals surface area contributed by atoms with Gasteiger partial charge in [0.2, 0.25) is 5.95 Å². The Hall–Kier alpha value is -2.80. The molecule has 0 saturated heterocycles. The zero-order valence-corrected chi connectivity index (χ0v) is 13.0. The number of fused-ring (bicyclic) bond motifs is 1. The van der Waals surface area contributed by atoms with Crippen molar-refractivity contribution < 1.29 is 13.9 Å². The van der Waals surface area contributed by atoms with Gasteiger partial charge in [-0.25, -0.2) is 14.4 Å². The van der Waals surface area contributed by atoms with Crippen LogP contribution in [0.3, 0.4) is 0 Å². The fourth-order valence-electron chi connectivity index (χ4n) is 2.49. The normalized spacial score (nSPS) is 14.5. The minimum absolute atomic E-state index is 0.0870. The molecule has 0 unspecified atom stereocenters. The lowest BCUT2D eigenvalue weighted by Crippen LogP contribution is -2.38. The zero-order valence-electron chi connectivity index (χ0n) is 13.0. The highest BCUT2D eigenvalue weighted by Gasteiger charge is 2.27. The number of nitrogens with two attached hydrogens (primary N) is 1. The number of amides is 1. The molecule has 1 aliphatic heterocycles. The monoisotopic (exact) mass is 328 g/mol. The minimum atomic E-state index is -0.139. The highest BCUT2D eigenvalue weighted by atomic mass is 19.1. The molecule has 0 aliphatic carbocycles. The molecule has 0 spiro atoms. The maximum Gasteiger partial charge on any atom is 0.260 e. The van der Waals surface area contributed by atoms with Crippen molar-refractivity contribution in [2.24, 2.45) is 5.73 Å². The number of hydrogen-bond donors (Lipinski definition) is 1. The summed E-state index contributed by atoms with van der Waals surface area (Å²) >= 11 is 0. The van der Waals surface area contributed by atoms with Crippen molar-refractivity contribution in [2.45, 2.75) is 6.42 Å². The first-order chi connectivity index (χ1) is 11.7. The molecule has 0 saturated carbocycles. The van der Waals surface area contributed by atoms with E-state index in [1.165, 1.54) is 0 Å². The Morgan fingerprint density at radius 2 is 2.17 bits per heavy atom. The van der Waals surface area contributed by atoms with E-state index >= 15 is 0 Å². The lowest BCUT2D eigenvalue weighted by molar-refractivity contribution is 0.0979. The van der Waals surface area contributed by atoms with Gasteiger partial charge in [0.15, 0.2) is 0 Å². The summed E-state index contributed by atoms with van der Waals surface area (Å²) in [4.78, 5) is 22.4. The first-order valence-corrected chi connectivity index (χ1v) is 7.55. The van der Waals surface area contributed by atoms with Gasteiger partial charge in [0.05, 0.1) is 6.33 Å². The van der Waals surface area contributed by atoms with E-state index in [9.17, 15) is 9.18 Å². The smallest absolute Gasteiger partial charge is 0.260 e. The maximum atomic E-state index is 12.6. The zero-order chi connectivity index (χ0) is 16.9. The highest BCUT2D eigenvalue weighted by Crippen LogP contribution is 2.25. The van der Waals surface area contributed by atoms with Crippen LogP contribution < -0.4 is 15.4 Å². The number of aromatic nitrogens is 2. The molecular weight excluding hydrogens is 311 g/mol. The predicted molar refractivity (Wildman–Crippen MR) is 87.6 cm³/mol. The number of anilines is 1. The standard InChI is InChI=1S/C17H17FN4O2/c18-9-12(10-19)11-24-14-2-3-15-13(8-14)4-7-22(16(15)23)17-20-5-1-6-21-17/h1-3,5-6,8-9H,4,7,10-11,19H2/b12-9-. The summed E-state index contributed by atoms with van der Waals surface area (Å²) in [5.41, 5.74) is 7.26. The van der Waals surface area contributed by atoms with Gasteiger partial charge in [-0.3, -0.25) is 9.69 Å². The van der Waals surface area contributed by atoms with Gasteiger partial charge in [-0.15, -0.1) is 0 Å². The van der Waals surface area contributed by atoms with E-state index in [-0.39, 0.29) is 19.1 Å². The summed E-state index contributed by atoms with van der Waals surface area (Å²) in [5.74, 6) is 0.841. The molecule has 2 aromatic rings. The number of hydrogen-bond acceptors (Lipinski definition) is 5. The van der Waals surface area contributed by atoms with E-state index in [2.05, 4.69) is 9.97 Å². The second-order valence-corrected chi connectivity index (χ2v) is 5.33. The van der Waals surface area contributed by atoms with Gasteiger partial charge in [-0.2, -0.15) is 0 Å². The van der Waals surface area contributed by atoms with Crippen LogP contribution in [0.2, 0.25) is 0 Å². The molecule has 3 rings (SSSR count). The summed E-state index contributed by atoms with van der Waals surface area (Å²) in [6.07, 6.45) is 4.34. The Labute approximate surface area is 138 Å². The number of nitrogens with zero attached hydrogens (tertiary/aromatic N) is 3. The number of ether oxygens (including phenoxy) is 1. The largest absolute Gasteiger partial charge is 0.489 e. The van der Waals surface area contributed by atoms with Crippen LogP contribution in [0.4, 0.5) is 10.3 Å². The van der Waals surface area contributed by atoms with E-state index < -0.39 is 0 Å². The fourth-order valence-corrected chi connectivity index (χ4v) is 2.49. The van der Waals surface area contributed by atoms with Crippen molar-refractivity contribution >= 4 is 11.9 Å². The number of carbonyl (C=O) groups excluding carboxylic acids is 1. The lowest BCUT2D eigenvalue weighted by Gasteiger charge is -2.27. The quantitative estimate of drug-likeness (QED) is 0.906. The second kappa shape index (κ2) is 7.18. The molecule has 124 valence electrons. The van der Waals surface area contributed by atoms with Crippen LogP contribution in [0.25, 0.3) is 0 Å². The van der Waals surface area contributed by atoms with E-state index in [1.807, 2.05) is 6.07 Å². The average molecular weight is 328 g/mol. The van der Waals surface area contributed by atoms with Crippen molar-refractivity contribution in [2.75, 3.05) is 24.6 Å². The summed E-state index contributed by atoms with van der Waals surface area (Å²) in [7, 11) is 0. The van der Waals surface area contributed by atoms with Crippen molar-refractivity contribution in [3.8, 4) is 5.75 Å². The third-order valence-corrected chi connectivity index (χ3v) is 3.79. The number of rotatable bonds is 5. The van der Waals surface area contributed by atoms with Gasteiger partial charge in [-0.05, 0) is 36.2 Å². The second-order valence-electron chi connectivity index (χ2n) is 5.33. The molecule has 0 bridgehead atoms. The molecule has 0 radical (unpaired) electrons. The minimum Gasteiger partial charge on any atom is -0.489 e. The molecule has 1 aromatic carbocycles. The first-order valence-electron chi connectivity index (χ1n) is 7.55. The van der Waals surface area contributed by atoms with Crippen LogP contribution in [0.5, 0.6) is 5.75 Å². The molecule has 1 amide bonds. The topological polar surface area (TPSA) is 81.3 Å². The number of halogens is 1. The van der Waals surface area contributed by atoms with Gasteiger partial charge in [0, 0.05) is 36.6 Å². The van der Waals surface area contributed by atoms with E-state index in [4.69, 9.17) is 10.5 Å². The molecular formula is C17H17FN4O2. The molecule has 6 nitrogen and oxygen atoms in total. The SMILES string of the molecule is NC/C(=C/F)COc1ccc2c(c1)CCN(c1ncccn1)C2=O. The number of carbonyl (C=O) groups is 1. The third-order valence-electron chi connectivity index (χ3n) is 3.79. The van der Waals surface area contributed by atoms with E-state index in [0.29, 0.717) is 42.1 Å². The van der Waals surface area contributed by atoms with Crippen LogP contribution in [-0.4, -0.2) is 35.6 Å². The molecule has 7 heteroatoms. The molecule has 2 N–H and O–H groups in total. The lowest BCUT2D eigenvalue weighted by atomic mass is 9.99. The highest BCUT2D eigenvalue weighted by molar-refractivity contribution is 6.07. The van der Waals surface area contributed by atoms with Crippen molar-refractivity contribution in [3.63, 3.8) is 0 Å².